The smallest absolute Gasteiger partial charge is 0.254 e. The number of ether oxygens (including phenoxy) is 1. The lowest BCUT2D eigenvalue weighted by Gasteiger charge is -2.23. The highest BCUT2D eigenvalue weighted by Gasteiger charge is 2.16. The van der Waals surface area contributed by atoms with Crippen LogP contribution < -0.4 is 0 Å². The first kappa shape index (κ1) is 17.9. The summed E-state index contributed by atoms with van der Waals surface area (Å²) in [5.41, 5.74) is 2.89. The lowest BCUT2D eigenvalue weighted by Crippen LogP contribution is -2.33. The first-order valence-corrected chi connectivity index (χ1v) is 8.65. The van der Waals surface area contributed by atoms with Crippen molar-refractivity contribution in [3.63, 3.8) is 0 Å². The molecule has 0 N–H and O–H groups in total. The Morgan fingerprint density at radius 1 is 1.04 bits per heavy atom. The molecule has 0 saturated heterocycles. The van der Waals surface area contributed by atoms with Crippen LogP contribution in [0.3, 0.4) is 0 Å². The Labute approximate surface area is 153 Å². The average molecular weight is 349 g/mol. The van der Waals surface area contributed by atoms with Gasteiger partial charge in [-0.25, -0.2) is 0 Å². The van der Waals surface area contributed by atoms with E-state index >= 15 is 0 Å². The van der Waals surface area contributed by atoms with Gasteiger partial charge in [-0.15, -0.1) is 0 Å². The third-order valence-electron chi connectivity index (χ3n) is 4.17. The molecule has 0 aliphatic rings. The molecule has 0 saturated carbocycles. The molecule has 0 radical (unpaired) electrons. The fourth-order valence-electron chi connectivity index (χ4n) is 2.77. The number of carbonyl (C=O) groups is 1. The van der Waals surface area contributed by atoms with Crippen LogP contribution in [0.25, 0.3) is 0 Å². The fourth-order valence-corrected chi connectivity index (χ4v) is 2.77. The first-order valence-electron chi connectivity index (χ1n) is 8.65. The van der Waals surface area contributed by atoms with E-state index < -0.39 is 0 Å². The zero-order valence-corrected chi connectivity index (χ0v) is 14.9. The number of amides is 1. The molecular formula is C21H23N3O2. The predicted molar refractivity (Wildman–Crippen MR) is 101 cm³/mol. The Bertz CT molecular complexity index is 799. The topological polar surface area (TPSA) is 47.4 Å². The molecule has 1 aromatic heterocycles. The van der Waals surface area contributed by atoms with Gasteiger partial charge in [0, 0.05) is 38.2 Å². The molecule has 0 bridgehead atoms. The van der Waals surface area contributed by atoms with Gasteiger partial charge in [-0.05, 0) is 29.3 Å². The van der Waals surface area contributed by atoms with Crippen LogP contribution in [-0.4, -0.2) is 40.8 Å². The number of carbonyl (C=O) groups excluding carboxylic acids is 1. The van der Waals surface area contributed by atoms with E-state index in [4.69, 9.17) is 4.74 Å². The minimum atomic E-state index is 0.0107. The fraction of sp³-hybridized carbons (Fsp3) is 0.238. The normalized spacial score (nSPS) is 10.7. The van der Waals surface area contributed by atoms with Crippen LogP contribution in [0.4, 0.5) is 0 Å². The molecule has 0 spiro atoms. The number of hydrogen-bond acceptors (Lipinski definition) is 3. The van der Waals surface area contributed by atoms with Crippen molar-refractivity contribution in [3.05, 3.63) is 89.7 Å². The second-order valence-electron chi connectivity index (χ2n) is 6.11. The van der Waals surface area contributed by atoms with Gasteiger partial charge in [0.05, 0.1) is 13.2 Å². The van der Waals surface area contributed by atoms with Crippen LogP contribution in [0.1, 0.15) is 21.5 Å². The summed E-state index contributed by atoms with van der Waals surface area (Å²) in [4.78, 5) is 14.8. The Balaban J connectivity index is 1.70. The van der Waals surface area contributed by atoms with Crippen molar-refractivity contribution >= 4 is 5.91 Å². The minimum Gasteiger partial charge on any atom is -0.383 e. The molecular weight excluding hydrogens is 326 g/mol. The number of methoxy groups -OCH3 is 1. The van der Waals surface area contributed by atoms with Crippen molar-refractivity contribution in [3.8, 4) is 0 Å². The Morgan fingerprint density at radius 2 is 1.81 bits per heavy atom. The Hall–Kier alpha value is -2.92. The van der Waals surface area contributed by atoms with Crippen molar-refractivity contribution < 1.29 is 9.53 Å². The van der Waals surface area contributed by atoms with E-state index in [1.807, 2.05) is 76.4 Å². The minimum absolute atomic E-state index is 0.0107. The molecule has 0 unspecified atom stereocenters. The van der Waals surface area contributed by atoms with E-state index in [0.29, 0.717) is 31.8 Å². The van der Waals surface area contributed by atoms with E-state index in [-0.39, 0.29) is 5.91 Å². The van der Waals surface area contributed by atoms with Crippen LogP contribution in [0.15, 0.2) is 73.1 Å². The predicted octanol–water partition coefficient (Wildman–Crippen LogP) is 3.22. The number of aromatic nitrogens is 2. The maximum absolute atomic E-state index is 12.9. The summed E-state index contributed by atoms with van der Waals surface area (Å²) in [5.74, 6) is 0.0107. The molecule has 26 heavy (non-hydrogen) atoms. The van der Waals surface area contributed by atoms with Crippen LogP contribution in [-0.2, 0) is 17.8 Å². The molecule has 5 heteroatoms. The van der Waals surface area contributed by atoms with Crippen LogP contribution >= 0.6 is 0 Å². The standard InChI is InChI=1S/C21H23N3O2/c1-26-15-14-23(16-18-6-3-2-4-7-18)21(25)20-10-8-19(9-11-20)17-24-13-5-12-22-24/h2-13H,14-17H2,1H3. The van der Waals surface area contributed by atoms with Crippen molar-refractivity contribution in [2.24, 2.45) is 0 Å². The molecule has 134 valence electrons. The SMILES string of the molecule is COCCN(Cc1ccccc1)C(=O)c1ccc(Cn2cccn2)cc1. The maximum atomic E-state index is 12.9. The summed E-state index contributed by atoms with van der Waals surface area (Å²) >= 11 is 0. The van der Waals surface area contributed by atoms with E-state index in [1.165, 1.54) is 0 Å². The number of nitrogens with zero attached hydrogens (tertiary/aromatic N) is 3. The molecule has 0 aliphatic carbocycles. The van der Waals surface area contributed by atoms with Gasteiger partial charge in [0.1, 0.15) is 0 Å². The summed E-state index contributed by atoms with van der Waals surface area (Å²) in [6.45, 7) is 2.33. The molecule has 0 atom stereocenters. The summed E-state index contributed by atoms with van der Waals surface area (Å²) in [6, 6.07) is 19.6. The second kappa shape index (κ2) is 8.97. The van der Waals surface area contributed by atoms with Gasteiger partial charge in [0.2, 0.25) is 0 Å². The highest BCUT2D eigenvalue weighted by Crippen LogP contribution is 2.12. The summed E-state index contributed by atoms with van der Waals surface area (Å²) < 4.78 is 7.03. The van der Waals surface area contributed by atoms with Gasteiger partial charge in [0.25, 0.3) is 5.91 Å². The van der Waals surface area contributed by atoms with Gasteiger partial charge >= 0.3 is 0 Å². The Morgan fingerprint density at radius 3 is 2.46 bits per heavy atom. The van der Waals surface area contributed by atoms with E-state index in [2.05, 4.69) is 5.10 Å². The molecule has 1 amide bonds. The number of benzene rings is 2. The number of rotatable bonds is 8. The quantitative estimate of drug-likeness (QED) is 0.627. The highest BCUT2D eigenvalue weighted by atomic mass is 16.5. The van der Waals surface area contributed by atoms with Crippen molar-refractivity contribution in [1.29, 1.82) is 0 Å². The van der Waals surface area contributed by atoms with E-state index in [0.717, 1.165) is 11.1 Å². The van der Waals surface area contributed by atoms with Gasteiger partial charge in [-0.2, -0.15) is 5.10 Å². The number of hydrogen-bond donors (Lipinski definition) is 0. The molecule has 0 aliphatic heterocycles. The van der Waals surface area contributed by atoms with Gasteiger partial charge in [0.15, 0.2) is 0 Å². The van der Waals surface area contributed by atoms with Gasteiger partial charge < -0.3 is 9.64 Å². The molecule has 2 aromatic carbocycles. The van der Waals surface area contributed by atoms with Crippen molar-refractivity contribution in [1.82, 2.24) is 14.7 Å². The van der Waals surface area contributed by atoms with Crippen molar-refractivity contribution in [2.75, 3.05) is 20.3 Å². The highest BCUT2D eigenvalue weighted by molar-refractivity contribution is 5.94. The second-order valence-corrected chi connectivity index (χ2v) is 6.11. The van der Waals surface area contributed by atoms with Gasteiger partial charge in [-0.1, -0.05) is 42.5 Å². The zero-order valence-electron chi connectivity index (χ0n) is 14.9. The lowest BCUT2D eigenvalue weighted by atomic mass is 10.1. The molecule has 5 nitrogen and oxygen atoms in total. The average Bonchev–Trinajstić information content (AvgIpc) is 3.19. The summed E-state index contributed by atoms with van der Waals surface area (Å²) in [6.07, 6.45) is 3.68. The monoisotopic (exact) mass is 349 g/mol. The van der Waals surface area contributed by atoms with E-state index in [9.17, 15) is 4.79 Å². The third kappa shape index (κ3) is 4.80. The van der Waals surface area contributed by atoms with Crippen LogP contribution in [0.5, 0.6) is 0 Å². The third-order valence-corrected chi connectivity index (χ3v) is 4.17. The molecule has 3 aromatic rings. The Kier molecular flexibility index (Phi) is 6.17. The van der Waals surface area contributed by atoms with Crippen LogP contribution in [0.2, 0.25) is 0 Å². The maximum Gasteiger partial charge on any atom is 0.254 e. The lowest BCUT2D eigenvalue weighted by molar-refractivity contribution is 0.0680. The largest absolute Gasteiger partial charge is 0.383 e. The van der Waals surface area contributed by atoms with Crippen molar-refractivity contribution in [2.45, 2.75) is 13.1 Å². The summed E-state index contributed by atoms with van der Waals surface area (Å²) in [5, 5.41) is 4.21. The molecule has 0 fully saturated rings. The van der Waals surface area contributed by atoms with Crippen LogP contribution in [0, 0.1) is 0 Å². The summed E-state index contributed by atoms with van der Waals surface area (Å²) in [7, 11) is 1.65. The zero-order chi connectivity index (χ0) is 18.2. The molecule has 3 rings (SSSR count). The van der Waals surface area contributed by atoms with E-state index in [1.54, 1.807) is 13.3 Å². The first-order chi connectivity index (χ1) is 12.8. The van der Waals surface area contributed by atoms with Gasteiger partial charge in [-0.3, -0.25) is 9.48 Å². The molecule has 1 heterocycles.